The van der Waals surface area contributed by atoms with Gasteiger partial charge in [0.1, 0.15) is 0 Å². The molecule has 0 bridgehead atoms. The number of hydrogen-bond donors (Lipinski definition) is 1. The van der Waals surface area contributed by atoms with Crippen LogP contribution in [0.15, 0.2) is 18.2 Å². The molecule has 0 atom stereocenters. The Bertz CT molecular complexity index is 437. The fourth-order valence-electron chi connectivity index (χ4n) is 1.86. The Kier molecular flexibility index (Phi) is 2.86. The number of amides is 1. The zero-order valence-corrected chi connectivity index (χ0v) is 11.8. The molecule has 1 aliphatic rings. The van der Waals surface area contributed by atoms with Gasteiger partial charge in [0.2, 0.25) is 5.91 Å². The van der Waals surface area contributed by atoms with Crippen molar-refractivity contribution >= 4 is 39.9 Å². The Morgan fingerprint density at radius 2 is 2.06 bits per heavy atom. The lowest BCUT2D eigenvalue weighted by Gasteiger charge is -2.41. The van der Waals surface area contributed by atoms with Crippen LogP contribution in [0.5, 0.6) is 0 Å². The molecule has 1 amide bonds. The largest absolute Gasteiger partial charge is 0.356 e. The summed E-state index contributed by atoms with van der Waals surface area (Å²) in [6, 6.07) is 6.14. The van der Waals surface area contributed by atoms with Crippen molar-refractivity contribution in [3.8, 4) is 0 Å². The van der Waals surface area contributed by atoms with E-state index in [4.69, 9.17) is 0 Å². The zero-order valence-electron chi connectivity index (χ0n) is 9.67. The molecule has 3 nitrogen and oxygen atoms in total. The lowest BCUT2D eigenvalue weighted by Crippen LogP contribution is -2.48. The maximum absolute atomic E-state index is 11.6. The summed E-state index contributed by atoms with van der Waals surface area (Å²) in [6.07, 6.45) is 0. The second kappa shape index (κ2) is 3.91. The van der Waals surface area contributed by atoms with Crippen molar-refractivity contribution in [2.75, 3.05) is 16.8 Å². The van der Waals surface area contributed by atoms with E-state index in [0.29, 0.717) is 6.54 Å². The Morgan fingerprint density at radius 3 is 2.69 bits per heavy atom. The van der Waals surface area contributed by atoms with Gasteiger partial charge in [-0.3, -0.25) is 4.79 Å². The minimum Gasteiger partial charge on any atom is -0.356 e. The third-order valence-corrected chi connectivity index (χ3v) is 3.31. The fourth-order valence-corrected chi connectivity index (χ4v) is 2.35. The monoisotopic (exact) mass is 330 g/mol. The number of halogens is 1. The van der Waals surface area contributed by atoms with Crippen molar-refractivity contribution in [2.45, 2.75) is 26.3 Å². The Balaban J connectivity index is 2.50. The summed E-state index contributed by atoms with van der Waals surface area (Å²) in [5, 5.41) is 2.92. The number of fused-ring (bicyclic) bond motifs is 1. The number of rotatable bonds is 0. The van der Waals surface area contributed by atoms with Gasteiger partial charge in [0.25, 0.3) is 0 Å². The van der Waals surface area contributed by atoms with E-state index in [-0.39, 0.29) is 11.4 Å². The first kappa shape index (κ1) is 11.7. The fraction of sp³-hybridized carbons (Fsp3) is 0.417. The summed E-state index contributed by atoms with van der Waals surface area (Å²) in [7, 11) is 0. The van der Waals surface area contributed by atoms with Gasteiger partial charge in [-0.1, -0.05) is 0 Å². The molecule has 0 saturated carbocycles. The molecule has 4 heteroatoms. The summed E-state index contributed by atoms with van der Waals surface area (Å²) in [6.45, 7) is 6.78. The van der Waals surface area contributed by atoms with Crippen LogP contribution < -0.4 is 10.2 Å². The average molecular weight is 330 g/mol. The summed E-state index contributed by atoms with van der Waals surface area (Å²) < 4.78 is 1.13. The van der Waals surface area contributed by atoms with Gasteiger partial charge in [0.15, 0.2) is 0 Å². The number of carbonyl (C=O) groups is 1. The van der Waals surface area contributed by atoms with Crippen LogP contribution in [0.3, 0.4) is 0 Å². The average Bonchev–Trinajstić information content (AvgIpc) is 2.14. The third-order valence-electron chi connectivity index (χ3n) is 2.63. The molecule has 1 heterocycles. The Morgan fingerprint density at radius 1 is 1.38 bits per heavy atom. The molecule has 0 fully saturated rings. The number of benzene rings is 1. The van der Waals surface area contributed by atoms with Crippen molar-refractivity contribution in [1.82, 2.24) is 0 Å². The molecule has 0 aliphatic carbocycles. The van der Waals surface area contributed by atoms with Gasteiger partial charge >= 0.3 is 0 Å². The first-order chi connectivity index (χ1) is 7.38. The van der Waals surface area contributed by atoms with Crippen LogP contribution >= 0.6 is 22.6 Å². The van der Waals surface area contributed by atoms with E-state index >= 15 is 0 Å². The minimum atomic E-state index is -0.0424. The van der Waals surface area contributed by atoms with E-state index in [1.165, 1.54) is 0 Å². The lowest BCUT2D eigenvalue weighted by molar-refractivity contribution is -0.115. The first-order valence-corrected chi connectivity index (χ1v) is 6.33. The van der Waals surface area contributed by atoms with Crippen molar-refractivity contribution in [3.63, 3.8) is 0 Å². The van der Waals surface area contributed by atoms with Crippen molar-refractivity contribution < 1.29 is 4.79 Å². The van der Waals surface area contributed by atoms with Crippen LogP contribution in [0.2, 0.25) is 0 Å². The van der Waals surface area contributed by atoms with Crippen LogP contribution in [0.4, 0.5) is 11.4 Å². The van der Waals surface area contributed by atoms with E-state index in [0.717, 1.165) is 14.9 Å². The smallest absolute Gasteiger partial charge is 0.243 e. The molecule has 1 aromatic carbocycles. The molecule has 0 saturated heterocycles. The van der Waals surface area contributed by atoms with E-state index in [2.05, 4.69) is 65.7 Å². The molecule has 16 heavy (non-hydrogen) atoms. The third kappa shape index (κ3) is 2.16. The SMILES string of the molecule is CC(C)(C)N1CC(=O)Nc2cc(I)ccc21. The standard InChI is InChI=1S/C12H15IN2O/c1-12(2,3)15-7-11(16)14-9-6-8(13)4-5-10(9)15/h4-6H,7H2,1-3H3,(H,14,16). The van der Waals surface area contributed by atoms with Gasteiger partial charge in [-0.2, -0.15) is 0 Å². The van der Waals surface area contributed by atoms with Gasteiger partial charge in [-0.05, 0) is 61.6 Å². The number of nitrogens with zero attached hydrogens (tertiary/aromatic N) is 1. The first-order valence-electron chi connectivity index (χ1n) is 5.25. The normalized spacial score (nSPS) is 15.8. The number of nitrogens with one attached hydrogen (secondary N) is 1. The van der Waals surface area contributed by atoms with Crippen LogP contribution in [0.1, 0.15) is 20.8 Å². The summed E-state index contributed by atoms with van der Waals surface area (Å²) in [4.78, 5) is 13.8. The highest BCUT2D eigenvalue weighted by Crippen LogP contribution is 2.34. The molecular weight excluding hydrogens is 315 g/mol. The highest BCUT2D eigenvalue weighted by Gasteiger charge is 2.29. The molecule has 86 valence electrons. The molecular formula is C12H15IN2O. The molecule has 0 radical (unpaired) electrons. The molecule has 2 rings (SSSR count). The van der Waals surface area contributed by atoms with Crippen LogP contribution in [0, 0.1) is 3.57 Å². The van der Waals surface area contributed by atoms with Crippen molar-refractivity contribution in [2.24, 2.45) is 0 Å². The molecule has 0 aromatic heterocycles. The molecule has 0 spiro atoms. The van der Waals surface area contributed by atoms with Crippen molar-refractivity contribution in [1.29, 1.82) is 0 Å². The van der Waals surface area contributed by atoms with Gasteiger partial charge in [0, 0.05) is 9.11 Å². The topological polar surface area (TPSA) is 32.3 Å². The molecule has 0 unspecified atom stereocenters. The van der Waals surface area contributed by atoms with E-state index < -0.39 is 0 Å². The summed E-state index contributed by atoms with van der Waals surface area (Å²) in [5.41, 5.74) is 1.98. The second-order valence-corrected chi connectivity index (χ2v) is 6.21. The van der Waals surface area contributed by atoms with Crippen LogP contribution in [-0.2, 0) is 4.79 Å². The van der Waals surface area contributed by atoms with Crippen LogP contribution in [0.25, 0.3) is 0 Å². The number of carbonyl (C=O) groups excluding carboxylic acids is 1. The lowest BCUT2D eigenvalue weighted by atomic mass is 10.0. The predicted octanol–water partition coefficient (Wildman–Crippen LogP) is 2.85. The Labute approximate surface area is 109 Å². The molecule has 1 aromatic rings. The van der Waals surface area contributed by atoms with Gasteiger partial charge in [-0.15, -0.1) is 0 Å². The van der Waals surface area contributed by atoms with E-state index in [9.17, 15) is 4.79 Å². The van der Waals surface area contributed by atoms with Gasteiger partial charge < -0.3 is 10.2 Å². The van der Waals surface area contributed by atoms with E-state index in [1.54, 1.807) is 0 Å². The Hall–Kier alpha value is -0.780. The highest BCUT2D eigenvalue weighted by molar-refractivity contribution is 14.1. The number of hydrogen-bond acceptors (Lipinski definition) is 2. The maximum Gasteiger partial charge on any atom is 0.243 e. The molecule has 1 N–H and O–H groups in total. The quantitative estimate of drug-likeness (QED) is 0.742. The number of anilines is 2. The molecule has 1 aliphatic heterocycles. The summed E-state index contributed by atoms with van der Waals surface area (Å²) >= 11 is 2.25. The maximum atomic E-state index is 11.6. The van der Waals surface area contributed by atoms with Gasteiger partial charge in [0.05, 0.1) is 17.9 Å². The second-order valence-electron chi connectivity index (χ2n) is 4.97. The van der Waals surface area contributed by atoms with Gasteiger partial charge in [-0.25, -0.2) is 0 Å². The van der Waals surface area contributed by atoms with Crippen molar-refractivity contribution in [3.05, 3.63) is 21.8 Å². The minimum absolute atomic E-state index is 0.0424. The van der Waals surface area contributed by atoms with Crippen LogP contribution in [-0.4, -0.2) is 18.0 Å². The van der Waals surface area contributed by atoms with E-state index in [1.807, 2.05) is 6.07 Å². The predicted molar refractivity (Wildman–Crippen MR) is 74.9 cm³/mol. The summed E-state index contributed by atoms with van der Waals surface area (Å²) in [5.74, 6) is 0.0597. The highest BCUT2D eigenvalue weighted by atomic mass is 127. The zero-order chi connectivity index (χ0) is 11.9.